The number of pyridine rings is 1. The number of aromatic nitrogens is 3. The average Bonchev–Trinajstić information content (AvgIpc) is 3.13. The lowest BCUT2D eigenvalue weighted by Crippen LogP contribution is -2.30. The molecule has 9 nitrogen and oxygen atoms in total. The number of nitrogens with one attached hydrogen (secondary N) is 1. The summed E-state index contributed by atoms with van der Waals surface area (Å²) in [7, 11) is -2.11. The quantitative estimate of drug-likeness (QED) is 0.539. The summed E-state index contributed by atoms with van der Waals surface area (Å²) in [6.07, 6.45) is 1.13. The molecule has 2 aromatic heterocycles. The van der Waals surface area contributed by atoms with E-state index in [9.17, 15) is 9.32 Å². The summed E-state index contributed by atoms with van der Waals surface area (Å²) in [6.45, 7) is 2.41. The number of benzene rings is 1. The van der Waals surface area contributed by atoms with E-state index in [2.05, 4.69) is 24.6 Å². The number of aliphatic hydroxyl groups excluding tert-OH is 1. The van der Waals surface area contributed by atoms with Crippen LogP contribution in [0.1, 0.15) is 12.0 Å². The topological polar surface area (TPSA) is 119 Å². The fraction of sp³-hybridized carbons (Fsp3) is 0.381. The van der Waals surface area contributed by atoms with Crippen molar-refractivity contribution in [2.24, 2.45) is 4.36 Å². The van der Waals surface area contributed by atoms with E-state index in [1.165, 1.54) is 6.33 Å². The highest BCUT2D eigenvalue weighted by atomic mass is 35.5. The molecule has 0 radical (unpaired) electrons. The number of hydrogen-bond acceptors (Lipinski definition) is 9. The van der Waals surface area contributed by atoms with Gasteiger partial charge < -0.3 is 19.9 Å². The van der Waals surface area contributed by atoms with E-state index >= 15 is 0 Å². The van der Waals surface area contributed by atoms with Gasteiger partial charge in [-0.1, -0.05) is 11.6 Å². The first-order valence-electron chi connectivity index (χ1n) is 10.2. The second kappa shape index (κ2) is 8.43. The molecule has 0 amide bonds. The van der Waals surface area contributed by atoms with Gasteiger partial charge in [0.15, 0.2) is 6.10 Å². The Morgan fingerprint density at radius 1 is 1.28 bits per heavy atom. The van der Waals surface area contributed by atoms with Crippen LogP contribution in [0.2, 0.25) is 5.15 Å². The van der Waals surface area contributed by atoms with Crippen molar-refractivity contribution in [3.63, 3.8) is 0 Å². The molecule has 0 bridgehead atoms. The van der Waals surface area contributed by atoms with E-state index in [1.54, 1.807) is 12.1 Å². The predicted octanol–water partition coefficient (Wildman–Crippen LogP) is 3.37. The van der Waals surface area contributed by atoms with Crippen LogP contribution in [0.3, 0.4) is 0 Å². The highest BCUT2D eigenvalue weighted by molar-refractivity contribution is 7.95. The van der Waals surface area contributed by atoms with Crippen molar-refractivity contribution in [2.45, 2.75) is 25.6 Å². The number of aliphatic hydroxyl groups is 1. The Morgan fingerprint density at radius 2 is 2.12 bits per heavy atom. The van der Waals surface area contributed by atoms with E-state index in [4.69, 9.17) is 21.1 Å². The molecule has 168 valence electrons. The number of aryl methyl sites for hydroxylation is 1. The van der Waals surface area contributed by atoms with E-state index in [0.29, 0.717) is 34.2 Å². The fourth-order valence-corrected chi connectivity index (χ4v) is 5.30. The normalized spacial score (nSPS) is 21.8. The van der Waals surface area contributed by atoms with Gasteiger partial charge in [-0.2, -0.15) is 9.35 Å². The number of fused-ring (bicyclic) bond motifs is 1. The van der Waals surface area contributed by atoms with Gasteiger partial charge in [0.05, 0.1) is 34.1 Å². The van der Waals surface area contributed by atoms with Crippen LogP contribution >= 0.6 is 11.6 Å². The zero-order chi connectivity index (χ0) is 22.3. The minimum absolute atomic E-state index is 0.212. The molecule has 11 heteroatoms. The van der Waals surface area contributed by atoms with Crippen molar-refractivity contribution >= 4 is 49.4 Å². The summed E-state index contributed by atoms with van der Waals surface area (Å²) in [5.74, 6) is 2.09. The van der Waals surface area contributed by atoms with Crippen LogP contribution < -0.4 is 10.1 Å². The lowest BCUT2D eigenvalue weighted by atomic mass is 10.1. The van der Waals surface area contributed by atoms with Crippen molar-refractivity contribution < 1.29 is 18.8 Å². The Morgan fingerprint density at radius 3 is 2.84 bits per heavy atom. The van der Waals surface area contributed by atoms with Gasteiger partial charge in [-0.3, -0.25) is 0 Å². The second-order valence-corrected chi connectivity index (χ2v) is 10.8. The van der Waals surface area contributed by atoms with Gasteiger partial charge in [0, 0.05) is 16.9 Å². The molecule has 4 heterocycles. The van der Waals surface area contributed by atoms with Crippen molar-refractivity contribution in [3.8, 4) is 5.88 Å². The van der Waals surface area contributed by atoms with Gasteiger partial charge in [-0.15, -0.1) is 0 Å². The van der Waals surface area contributed by atoms with Crippen molar-refractivity contribution in [1.29, 1.82) is 0 Å². The van der Waals surface area contributed by atoms with Gasteiger partial charge in [-0.05, 0) is 43.2 Å². The molecular formula is C21H22ClN5O4S. The van der Waals surface area contributed by atoms with Crippen molar-refractivity contribution in [3.05, 3.63) is 41.3 Å². The summed E-state index contributed by atoms with van der Waals surface area (Å²) in [5, 5.41) is 14.3. The molecule has 2 atom stereocenters. The number of anilines is 2. The molecule has 1 aromatic carbocycles. The van der Waals surface area contributed by atoms with Crippen LogP contribution in [0, 0.1) is 6.92 Å². The third-order valence-corrected chi connectivity index (χ3v) is 8.07. The molecule has 0 unspecified atom stereocenters. The van der Waals surface area contributed by atoms with E-state index in [1.807, 2.05) is 19.1 Å². The minimum atomic E-state index is -2.11. The van der Waals surface area contributed by atoms with E-state index < -0.39 is 21.9 Å². The highest BCUT2D eigenvalue weighted by Gasteiger charge is 2.29. The van der Waals surface area contributed by atoms with Crippen LogP contribution in [-0.4, -0.2) is 61.2 Å². The molecule has 32 heavy (non-hydrogen) atoms. The first-order chi connectivity index (χ1) is 15.4. The van der Waals surface area contributed by atoms with E-state index in [0.717, 1.165) is 17.4 Å². The maximum Gasteiger partial charge on any atom is 0.239 e. The standard InChI is InChI=1S/C21H22ClN5O4S/c1-12-7-13(27-32(29)5-2-6-32)8-15-19(12)20(24-11-23-15)25-14-3-4-18(22)26-21(14)31-17-10-30-9-16(17)28/h3-4,7-8,11,16-17,28H,2,5-6,9-10H2,1H3,(H,23,24,25)/t16-,17-/m1/s1. The summed E-state index contributed by atoms with van der Waals surface area (Å²) in [4.78, 5) is 13.1. The zero-order valence-electron chi connectivity index (χ0n) is 17.3. The van der Waals surface area contributed by atoms with Crippen LogP contribution in [0.5, 0.6) is 5.88 Å². The molecule has 2 aliphatic heterocycles. The molecule has 0 saturated carbocycles. The molecule has 2 saturated heterocycles. The Kier molecular flexibility index (Phi) is 5.62. The first kappa shape index (κ1) is 21.3. The molecular weight excluding hydrogens is 454 g/mol. The summed E-state index contributed by atoms with van der Waals surface area (Å²) in [6, 6.07) is 7.09. The molecule has 2 aliphatic rings. The molecule has 2 N–H and O–H groups in total. The van der Waals surface area contributed by atoms with Gasteiger partial charge in [0.2, 0.25) is 5.88 Å². The second-order valence-electron chi connectivity index (χ2n) is 7.88. The van der Waals surface area contributed by atoms with Crippen molar-refractivity contribution in [1.82, 2.24) is 15.0 Å². The predicted molar refractivity (Wildman–Crippen MR) is 123 cm³/mol. The van der Waals surface area contributed by atoms with Crippen LogP contribution in [0.4, 0.5) is 17.2 Å². The Hall–Kier alpha value is -2.53. The van der Waals surface area contributed by atoms with Crippen LogP contribution in [0.15, 0.2) is 35.0 Å². The summed E-state index contributed by atoms with van der Waals surface area (Å²) >= 11 is 6.08. The molecule has 0 aliphatic carbocycles. The van der Waals surface area contributed by atoms with Crippen LogP contribution in [-0.2, 0) is 14.5 Å². The lowest BCUT2D eigenvalue weighted by Gasteiger charge is -2.19. The third kappa shape index (κ3) is 4.23. The molecule has 2 fully saturated rings. The van der Waals surface area contributed by atoms with Gasteiger partial charge in [0.1, 0.15) is 29.1 Å². The fourth-order valence-electron chi connectivity index (χ4n) is 3.71. The summed E-state index contributed by atoms with van der Waals surface area (Å²) < 4.78 is 28.1. The Labute approximate surface area is 190 Å². The zero-order valence-corrected chi connectivity index (χ0v) is 18.9. The number of ether oxygens (including phenoxy) is 2. The van der Waals surface area contributed by atoms with Crippen molar-refractivity contribution in [2.75, 3.05) is 30.0 Å². The number of nitrogens with zero attached hydrogens (tertiary/aromatic N) is 4. The Balaban J connectivity index is 1.51. The SMILES string of the molecule is Cc1cc(N=S2(=O)CCC2)cc2ncnc(Nc3ccc(Cl)nc3O[C@@H]3COC[C@H]3O)c12. The maximum absolute atomic E-state index is 12.5. The van der Waals surface area contributed by atoms with Gasteiger partial charge >= 0.3 is 0 Å². The lowest BCUT2D eigenvalue weighted by molar-refractivity contribution is 0.0709. The van der Waals surface area contributed by atoms with Gasteiger partial charge in [-0.25, -0.2) is 14.2 Å². The number of rotatable bonds is 5. The molecule has 5 rings (SSSR count). The monoisotopic (exact) mass is 475 g/mol. The van der Waals surface area contributed by atoms with Crippen LogP contribution in [0.25, 0.3) is 10.9 Å². The third-order valence-electron chi connectivity index (χ3n) is 5.46. The summed E-state index contributed by atoms with van der Waals surface area (Å²) in [5.41, 5.74) is 2.79. The largest absolute Gasteiger partial charge is 0.468 e. The smallest absolute Gasteiger partial charge is 0.239 e. The average molecular weight is 476 g/mol. The Bertz CT molecular complexity index is 1300. The van der Waals surface area contributed by atoms with E-state index in [-0.39, 0.29) is 24.2 Å². The molecule has 0 spiro atoms. The highest BCUT2D eigenvalue weighted by Crippen LogP contribution is 2.34. The number of halogens is 1. The number of hydrogen-bond donors (Lipinski definition) is 2. The first-order valence-corrected chi connectivity index (χ1v) is 12.5. The molecule has 3 aromatic rings. The maximum atomic E-state index is 12.5. The van der Waals surface area contributed by atoms with Gasteiger partial charge in [0.25, 0.3) is 0 Å². The minimum Gasteiger partial charge on any atom is -0.468 e.